The second-order valence-electron chi connectivity index (χ2n) is 9.19. The van der Waals surface area contributed by atoms with Crippen LogP contribution in [-0.4, -0.2) is 83.0 Å². The molecule has 1 aliphatic rings. The number of anilines is 1. The first-order valence-electron chi connectivity index (χ1n) is 12.2. The Kier molecular flexibility index (Phi) is 7.85. The molecular formula is C26H34N6O4. The second kappa shape index (κ2) is 11.0. The van der Waals surface area contributed by atoms with Crippen molar-refractivity contribution < 1.29 is 19.2 Å². The van der Waals surface area contributed by atoms with Crippen molar-refractivity contribution in [2.75, 3.05) is 44.7 Å². The number of carbonyl (C=O) groups excluding carboxylic acids is 1. The van der Waals surface area contributed by atoms with E-state index in [4.69, 9.17) is 19.2 Å². The standard InChI is InChI=1S/C26H34N6O4/c1-16-14-31(19(4)33)9-10-32(16)24-12-23(25-17(2)30-36-18(25)3)28-26(29-24)20-7-6-8-22(11-20)35-15-21(34)13-27-5/h6-8,11-12,16,21,27,34H,9-10,13-15H2,1-5H3. The number of ether oxygens (including phenoxy) is 1. The highest BCUT2D eigenvalue weighted by Gasteiger charge is 2.27. The van der Waals surface area contributed by atoms with E-state index in [1.54, 1.807) is 14.0 Å². The van der Waals surface area contributed by atoms with Crippen molar-refractivity contribution in [3.05, 3.63) is 41.8 Å². The molecule has 2 unspecified atom stereocenters. The van der Waals surface area contributed by atoms with Crippen LogP contribution in [0.4, 0.5) is 5.82 Å². The Bertz CT molecular complexity index is 1190. The lowest BCUT2D eigenvalue weighted by Gasteiger charge is -2.40. The maximum atomic E-state index is 11.9. The van der Waals surface area contributed by atoms with Crippen LogP contribution in [0.1, 0.15) is 25.3 Å². The molecule has 10 nitrogen and oxygen atoms in total. The van der Waals surface area contributed by atoms with Crippen LogP contribution in [0, 0.1) is 13.8 Å². The van der Waals surface area contributed by atoms with E-state index in [9.17, 15) is 9.90 Å². The van der Waals surface area contributed by atoms with E-state index in [-0.39, 0.29) is 18.6 Å². The average Bonchev–Trinajstić information content (AvgIpc) is 3.20. The summed E-state index contributed by atoms with van der Waals surface area (Å²) in [7, 11) is 1.78. The van der Waals surface area contributed by atoms with Gasteiger partial charge in [0.2, 0.25) is 5.91 Å². The second-order valence-corrected chi connectivity index (χ2v) is 9.19. The monoisotopic (exact) mass is 494 g/mol. The topological polar surface area (TPSA) is 117 Å². The number of amides is 1. The van der Waals surface area contributed by atoms with Crippen molar-refractivity contribution in [2.24, 2.45) is 0 Å². The van der Waals surface area contributed by atoms with Gasteiger partial charge in [0.25, 0.3) is 0 Å². The van der Waals surface area contributed by atoms with Gasteiger partial charge in [-0.25, -0.2) is 9.97 Å². The SMILES string of the molecule is CNCC(O)COc1cccc(-c2nc(-c3c(C)noc3C)cc(N3CCN(C(C)=O)CC3C)n2)c1. The summed E-state index contributed by atoms with van der Waals surface area (Å²) in [6.45, 7) is 10.0. The van der Waals surface area contributed by atoms with Gasteiger partial charge >= 0.3 is 0 Å². The Balaban J connectivity index is 1.71. The van der Waals surface area contributed by atoms with Gasteiger partial charge in [-0.2, -0.15) is 0 Å². The third kappa shape index (κ3) is 5.66. The van der Waals surface area contributed by atoms with Crippen LogP contribution >= 0.6 is 0 Å². The van der Waals surface area contributed by atoms with Gasteiger partial charge in [-0.3, -0.25) is 4.79 Å². The lowest BCUT2D eigenvalue weighted by molar-refractivity contribution is -0.129. The normalized spacial score (nSPS) is 16.8. The quantitative estimate of drug-likeness (QED) is 0.487. The van der Waals surface area contributed by atoms with Crippen LogP contribution in [0.15, 0.2) is 34.9 Å². The molecule has 0 radical (unpaired) electrons. The molecule has 2 atom stereocenters. The number of nitrogens with zero attached hydrogens (tertiary/aromatic N) is 5. The summed E-state index contributed by atoms with van der Waals surface area (Å²) in [5.41, 5.74) is 3.12. The zero-order chi connectivity index (χ0) is 25.8. The van der Waals surface area contributed by atoms with Crippen LogP contribution in [0.2, 0.25) is 0 Å². The predicted octanol–water partition coefficient (Wildman–Crippen LogP) is 2.43. The molecule has 1 saturated heterocycles. The van der Waals surface area contributed by atoms with Crippen molar-refractivity contribution in [2.45, 2.75) is 39.8 Å². The maximum absolute atomic E-state index is 11.9. The number of likely N-dealkylation sites (N-methyl/N-ethyl adjacent to an activating group) is 1. The highest BCUT2D eigenvalue weighted by molar-refractivity contribution is 5.74. The first kappa shape index (κ1) is 25.6. The Morgan fingerprint density at radius 2 is 2.08 bits per heavy atom. The number of aromatic nitrogens is 3. The number of benzene rings is 1. The number of piperazine rings is 1. The third-order valence-corrected chi connectivity index (χ3v) is 6.34. The van der Waals surface area contributed by atoms with E-state index >= 15 is 0 Å². The van der Waals surface area contributed by atoms with Crippen molar-refractivity contribution in [3.8, 4) is 28.4 Å². The summed E-state index contributed by atoms with van der Waals surface area (Å²) in [4.78, 5) is 25.8. The number of hydrogen-bond donors (Lipinski definition) is 2. The fourth-order valence-corrected chi connectivity index (χ4v) is 4.48. The molecule has 0 saturated carbocycles. The molecule has 0 aliphatic carbocycles. The van der Waals surface area contributed by atoms with Crippen LogP contribution < -0.4 is 15.0 Å². The number of rotatable bonds is 8. The number of aliphatic hydroxyl groups excluding tert-OH is 1. The molecule has 36 heavy (non-hydrogen) atoms. The molecule has 1 fully saturated rings. The summed E-state index contributed by atoms with van der Waals surface area (Å²) in [6, 6.07) is 9.59. The van der Waals surface area contributed by atoms with Gasteiger partial charge in [0.05, 0.1) is 17.0 Å². The summed E-state index contributed by atoms with van der Waals surface area (Å²) < 4.78 is 11.2. The van der Waals surface area contributed by atoms with Gasteiger partial charge in [-0.1, -0.05) is 17.3 Å². The van der Waals surface area contributed by atoms with Crippen LogP contribution in [0.5, 0.6) is 5.75 Å². The molecule has 2 N–H and O–H groups in total. The number of hydrogen-bond acceptors (Lipinski definition) is 9. The predicted molar refractivity (Wildman–Crippen MR) is 137 cm³/mol. The minimum atomic E-state index is -0.612. The first-order valence-corrected chi connectivity index (χ1v) is 12.2. The fraction of sp³-hybridized carbons (Fsp3) is 0.462. The number of nitrogens with one attached hydrogen (secondary N) is 1. The molecule has 4 rings (SSSR count). The molecule has 192 valence electrons. The van der Waals surface area contributed by atoms with E-state index in [1.165, 1.54) is 0 Å². The van der Waals surface area contributed by atoms with E-state index in [1.807, 2.05) is 49.1 Å². The summed E-state index contributed by atoms with van der Waals surface area (Å²) >= 11 is 0. The first-order chi connectivity index (χ1) is 17.3. The molecule has 1 aliphatic heterocycles. The van der Waals surface area contributed by atoms with E-state index < -0.39 is 6.10 Å². The van der Waals surface area contributed by atoms with Gasteiger partial charge in [0.1, 0.15) is 30.0 Å². The lowest BCUT2D eigenvalue weighted by atomic mass is 10.1. The molecule has 1 aromatic carbocycles. The Morgan fingerprint density at radius 1 is 1.28 bits per heavy atom. The highest BCUT2D eigenvalue weighted by Crippen LogP contribution is 2.32. The average molecular weight is 495 g/mol. The Morgan fingerprint density at radius 3 is 2.75 bits per heavy atom. The van der Waals surface area contributed by atoms with Crippen molar-refractivity contribution in [1.82, 2.24) is 25.3 Å². The molecule has 2 aromatic heterocycles. The van der Waals surface area contributed by atoms with Gasteiger partial charge in [0.15, 0.2) is 5.82 Å². The van der Waals surface area contributed by atoms with Crippen LogP contribution in [0.25, 0.3) is 22.6 Å². The largest absolute Gasteiger partial charge is 0.491 e. The summed E-state index contributed by atoms with van der Waals surface area (Å²) in [5, 5.41) is 17.0. The van der Waals surface area contributed by atoms with Crippen molar-refractivity contribution in [3.63, 3.8) is 0 Å². The maximum Gasteiger partial charge on any atom is 0.219 e. The molecule has 1 amide bonds. The summed E-state index contributed by atoms with van der Waals surface area (Å²) in [5.74, 6) is 2.72. The fourth-order valence-electron chi connectivity index (χ4n) is 4.48. The minimum absolute atomic E-state index is 0.0814. The molecular weight excluding hydrogens is 460 g/mol. The number of carbonyl (C=O) groups is 1. The lowest BCUT2D eigenvalue weighted by Crippen LogP contribution is -2.53. The zero-order valence-corrected chi connectivity index (χ0v) is 21.5. The van der Waals surface area contributed by atoms with Crippen molar-refractivity contribution >= 4 is 11.7 Å². The molecule has 3 aromatic rings. The molecule has 3 heterocycles. The van der Waals surface area contributed by atoms with Crippen LogP contribution in [-0.2, 0) is 4.79 Å². The number of aryl methyl sites for hydroxylation is 2. The van der Waals surface area contributed by atoms with Gasteiger partial charge in [0, 0.05) is 50.8 Å². The third-order valence-electron chi connectivity index (χ3n) is 6.34. The smallest absolute Gasteiger partial charge is 0.219 e. The molecule has 10 heteroatoms. The Hall–Kier alpha value is -3.50. The Labute approximate surface area is 211 Å². The number of aliphatic hydroxyl groups is 1. The molecule has 0 bridgehead atoms. The highest BCUT2D eigenvalue weighted by atomic mass is 16.5. The zero-order valence-electron chi connectivity index (χ0n) is 21.5. The summed E-state index contributed by atoms with van der Waals surface area (Å²) in [6.07, 6.45) is -0.612. The van der Waals surface area contributed by atoms with E-state index in [0.29, 0.717) is 43.5 Å². The minimum Gasteiger partial charge on any atom is -0.491 e. The van der Waals surface area contributed by atoms with E-state index in [0.717, 1.165) is 28.3 Å². The van der Waals surface area contributed by atoms with Gasteiger partial charge in [-0.15, -0.1) is 0 Å². The molecule has 0 spiro atoms. The van der Waals surface area contributed by atoms with E-state index in [2.05, 4.69) is 22.3 Å². The van der Waals surface area contributed by atoms with Gasteiger partial charge in [-0.05, 0) is 40.0 Å². The van der Waals surface area contributed by atoms with Gasteiger partial charge < -0.3 is 29.5 Å². The van der Waals surface area contributed by atoms with Crippen LogP contribution in [0.3, 0.4) is 0 Å². The van der Waals surface area contributed by atoms with Crippen molar-refractivity contribution in [1.29, 1.82) is 0 Å².